The SMILES string of the molecule is CCOCCOCCCC(C)(NC)C(N)=O. The van der Waals surface area contributed by atoms with Crippen LogP contribution in [0, 0.1) is 0 Å². The average Bonchev–Trinajstić information content (AvgIpc) is 2.27. The lowest BCUT2D eigenvalue weighted by atomic mass is 9.95. The van der Waals surface area contributed by atoms with Gasteiger partial charge in [0, 0.05) is 13.2 Å². The van der Waals surface area contributed by atoms with Gasteiger partial charge in [0.2, 0.25) is 5.91 Å². The summed E-state index contributed by atoms with van der Waals surface area (Å²) >= 11 is 0. The van der Waals surface area contributed by atoms with Gasteiger partial charge in [-0.2, -0.15) is 0 Å². The van der Waals surface area contributed by atoms with Gasteiger partial charge in [0.05, 0.1) is 18.8 Å². The van der Waals surface area contributed by atoms with Crippen LogP contribution in [-0.4, -0.2) is 44.9 Å². The van der Waals surface area contributed by atoms with Crippen LogP contribution in [0.5, 0.6) is 0 Å². The molecule has 0 spiro atoms. The first-order chi connectivity index (χ1) is 7.56. The quantitative estimate of drug-likeness (QED) is 0.531. The molecule has 0 aromatic carbocycles. The molecule has 0 aromatic rings. The van der Waals surface area contributed by atoms with Crippen LogP contribution in [0.3, 0.4) is 0 Å². The van der Waals surface area contributed by atoms with Crippen molar-refractivity contribution in [2.45, 2.75) is 32.2 Å². The van der Waals surface area contributed by atoms with Gasteiger partial charge in [-0.3, -0.25) is 4.79 Å². The molecule has 1 amide bonds. The van der Waals surface area contributed by atoms with Crippen molar-refractivity contribution in [1.82, 2.24) is 5.32 Å². The van der Waals surface area contributed by atoms with Gasteiger partial charge in [-0.15, -0.1) is 0 Å². The third kappa shape index (κ3) is 6.05. The molecule has 1 atom stereocenters. The van der Waals surface area contributed by atoms with E-state index in [4.69, 9.17) is 15.2 Å². The van der Waals surface area contributed by atoms with Crippen LogP contribution in [-0.2, 0) is 14.3 Å². The molecule has 0 radical (unpaired) electrons. The second kappa shape index (κ2) is 8.50. The molecule has 0 heterocycles. The Morgan fingerprint density at radius 2 is 1.94 bits per heavy atom. The maximum atomic E-state index is 11.2. The summed E-state index contributed by atoms with van der Waals surface area (Å²) in [6.45, 7) is 6.30. The maximum Gasteiger partial charge on any atom is 0.237 e. The summed E-state index contributed by atoms with van der Waals surface area (Å²) < 4.78 is 10.5. The standard InChI is InChI=1S/C11H24N2O3/c1-4-15-8-9-16-7-5-6-11(2,13-3)10(12)14/h13H,4-9H2,1-3H3,(H2,12,14). The lowest BCUT2D eigenvalue weighted by Crippen LogP contribution is -2.51. The van der Waals surface area contributed by atoms with Crippen LogP contribution in [0.1, 0.15) is 26.7 Å². The molecule has 5 nitrogen and oxygen atoms in total. The van der Waals surface area contributed by atoms with Crippen molar-refractivity contribution in [3.63, 3.8) is 0 Å². The van der Waals surface area contributed by atoms with Gasteiger partial charge in [-0.1, -0.05) is 0 Å². The number of nitrogens with two attached hydrogens (primary N) is 1. The molecule has 16 heavy (non-hydrogen) atoms. The Morgan fingerprint density at radius 1 is 1.31 bits per heavy atom. The van der Waals surface area contributed by atoms with E-state index < -0.39 is 5.54 Å². The third-order valence-corrected chi connectivity index (χ3v) is 2.64. The van der Waals surface area contributed by atoms with E-state index in [0.29, 0.717) is 32.8 Å². The summed E-state index contributed by atoms with van der Waals surface area (Å²) in [5.41, 5.74) is 4.66. The summed E-state index contributed by atoms with van der Waals surface area (Å²) in [5.74, 6) is -0.329. The second-order valence-corrected chi connectivity index (χ2v) is 3.86. The number of carbonyl (C=O) groups excluding carboxylic acids is 1. The predicted octanol–water partition coefficient (Wildman–Crippen LogP) is 0.283. The molecule has 0 saturated carbocycles. The summed E-state index contributed by atoms with van der Waals surface area (Å²) in [6, 6.07) is 0. The third-order valence-electron chi connectivity index (χ3n) is 2.64. The average molecular weight is 232 g/mol. The van der Waals surface area contributed by atoms with Crippen molar-refractivity contribution in [2.75, 3.05) is 33.5 Å². The summed E-state index contributed by atoms with van der Waals surface area (Å²) in [5, 5.41) is 2.93. The Kier molecular flexibility index (Phi) is 8.15. The van der Waals surface area contributed by atoms with Crippen LogP contribution in [0.2, 0.25) is 0 Å². The number of primary amides is 1. The predicted molar refractivity (Wildman–Crippen MR) is 63.2 cm³/mol. The van der Waals surface area contributed by atoms with Crippen LogP contribution in [0.15, 0.2) is 0 Å². The first-order valence-corrected chi connectivity index (χ1v) is 5.71. The number of carbonyl (C=O) groups is 1. The van der Waals surface area contributed by atoms with Crippen LogP contribution < -0.4 is 11.1 Å². The lowest BCUT2D eigenvalue weighted by Gasteiger charge is -2.25. The summed E-state index contributed by atoms with van der Waals surface area (Å²) in [6.07, 6.45) is 1.47. The fraction of sp³-hybridized carbons (Fsp3) is 0.909. The number of ether oxygens (including phenoxy) is 2. The molecule has 0 saturated heterocycles. The van der Waals surface area contributed by atoms with E-state index in [-0.39, 0.29) is 5.91 Å². The molecular formula is C11H24N2O3. The molecule has 5 heteroatoms. The Morgan fingerprint density at radius 3 is 2.44 bits per heavy atom. The Bertz CT molecular complexity index is 200. The highest BCUT2D eigenvalue weighted by Crippen LogP contribution is 2.10. The van der Waals surface area contributed by atoms with Gasteiger partial charge in [0.15, 0.2) is 0 Å². The highest BCUT2D eigenvalue weighted by molar-refractivity contribution is 5.84. The topological polar surface area (TPSA) is 73.6 Å². The zero-order chi connectivity index (χ0) is 12.4. The molecule has 0 aliphatic rings. The van der Waals surface area contributed by atoms with Gasteiger partial charge in [0.1, 0.15) is 0 Å². The first kappa shape index (κ1) is 15.3. The number of rotatable bonds is 10. The minimum atomic E-state index is -0.636. The number of hydrogen-bond acceptors (Lipinski definition) is 4. The molecular weight excluding hydrogens is 208 g/mol. The molecule has 1 unspecified atom stereocenters. The van der Waals surface area contributed by atoms with Crippen LogP contribution >= 0.6 is 0 Å². The fourth-order valence-electron chi connectivity index (χ4n) is 1.26. The Balaban J connectivity index is 3.53. The number of hydrogen-bond donors (Lipinski definition) is 2. The van der Waals surface area contributed by atoms with E-state index >= 15 is 0 Å². The van der Waals surface area contributed by atoms with E-state index in [0.717, 1.165) is 6.42 Å². The zero-order valence-electron chi connectivity index (χ0n) is 10.5. The maximum absolute atomic E-state index is 11.2. The van der Waals surface area contributed by atoms with Crippen molar-refractivity contribution in [3.05, 3.63) is 0 Å². The Labute approximate surface area is 97.7 Å². The van der Waals surface area contributed by atoms with Gasteiger partial charge in [-0.05, 0) is 33.7 Å². The number of nitrogens with one attached hydrogen (secondary N) is 1. The van der Waals surface area contributed by atoms with E-state index in [1.807, 2.05) is 6.92 Å². The van der Waals surface area contributed by atoms with E-state index in [2.05, 4.69) is 5.32 Å². The molecule has 0 rings (SSSR count). The first-order valence-electron chi connectivity index (χ1n) is 5.71. The molecule has 0 aromatic heterocycles. The van der Waals surface area contributed by atoms with Crippen molar-refractivity contribution >= 4 is 5.91 Å². The second-order valence-electron chi connectivity index (χ2n) is 3.86. The van der Waals surface area contributed by atoms with Crippen LogP contribution in [0.4, 0.5) is 0 Å². The molecule has 0 bridgehead atoms. The van der Waals surface area contributed by atoms with Gasteiger partial charge in [-0.25, -0.2) is 0 Å². The largest absolute Gasteiger partial charge is 0.379 e. The minimum Gasteiger partial charge on any atom is -0.379 e. The fourth-order valence-corrected chi connectivity index (χ4v) is 1.26. The highest BCUT2D eigenvalue weighted by atomic mass is 16.5. The molecule has 0 fully saturated rings. The number of likely N-dealkylation sites (N-methyl/N-ethyl adjacent to an activating group) is 1. The van der Waals surface area contributed by atoms with E-state index in [1.54, 1.807) is 14.0 Å². The lowest BCUT2D eigenvalue weighted by molar-refractivity contribution is -0.124. The molecule has 0 aliphatic carbocycles. The summed E-state index contributed by atoms with van der Waals surface area (Å²) in [4.78, 5) is 11.2. The summed E-state index contributed by atoms with van der Waals surface area (Å²) in [7, 11) is 1.74. The van der Waals surface area contributed by atoms with Gasteiger partial charge < -0.3 is 20.5 Å². The van der Waals surface area contributed by atoms with Crippen molar-refractivity contribution < 1.29 is 14.3 Å². The minimum absolute atomic E-state index is 0.329. The normalized spacial score (nSPS) is 14.7. The van der Waals surface area contributed by atoms with Gasteiger partial charge in [0.25, 0.3) is 0 Å². The van der Waals surface area contributed by atoms with Gasteiger partial charge >= 0.3 is 0 Å². The van der Waals surface area contributed by atoms with Crippen LogP contribution in [0.25, 0.3) is 0 Å². The van der Waals surface area contributed by atoms with E-state index in [9.17, 15) is 4.79 Å². The smallest absolute Gasteiger partial charge is 0.237 e. The van der Waals surface area contributed by atoms with E-state index in [1.165, 1.54) is 0 Å². The van der Waals surface area contributed by atoms with Crippen molar-refractivity contribution in [1.29, 1.82) is 0 Å². The monoisotopic (exact) mass is 232 g/mol. The highest BCUT2D eigenvalue weighted by Gasteiger charge is 2.27. The molecule has 0 aliphatic heterocycles. The van der Waals surface area contributed by atoms with Crippen molar-refractivity contribution in [3.8, 4) is 0 Å². The molecule has 96 valence electrons. The Hall–Kier alpha value is -0.650. The zero-order valence-corrected chi connectivity index (χ0v) is 10.5. The van der Waals surface area contributed by atoms with Crippen molar-refractivity contribution in [2.24, 2.45) is 5.73 Å². The number of amides is 1. The molecule has 3 N–H and O–H groups in total.